The number of methoxy groups -OCH3 is 2. The molecule has 28 heavy (non-hydrogen) atoms. The lowest BCUT2D eigenvalue weighted by Gasteiger charge is -2.34. The molecule has 0 unspecified atom stereocenters. The molecule has 0 atom stereocenters. The van der Waals surface area contributed by atoms with Crippen molar-refractivity contribution in [3.8, 4) is 11.5 Å². The van der Waals surface area contributed by atoms with Crippen LogP contribution in [-0.4, -0.2) is 46.9 Å². The third-order valence-electron chi connectivity index (χ3n) is 5.28. The fourth-order valence-corrected chi connectivity index (χ4v) is 4.00. The van der Waals surface area contributed by atoms with Crippen molar-refractivity contribution in [2.75, 3.05) is 32.6 Å². The second-order valence-corrected chi connectivity index (χ2v) is 7.24. The molecule has 6 nitrogen and oxygen atoms in total. The minimum atomic E-state index is 0.446. The van der Waals surface area contributed by atoms with Gasteiger partial charge in [-0.05, 0) is 49.3 Å². The summed E-state index contributed by atoms with van der Waals surface area (Å²) in [6.07, 6.45) is 4.02. The van der Waals surface area contributed by atoms with E-state index in [4.69, 9.17) is 21.7 Å². The zero-order chi connectivity index (χ0) is 19.5. The fourth-order valence-electron chi connectivity index (χ4n) is 3.71. The predicted molar refractivity (Wildman–Crippen MR) is 115 cm³/mol. The first-order valence-corrected chi connectivity index (χ1v) is 9.80. The van der Waals surface area contributed by atoms with Gasteiger partial charge in [-0.1, -0.05) is 12.1 Å². The van der Waals surface area contributed by atoms with Gasteiger partial charge in [0, 0.05) is 25.2 Å². The van der Waals surface area contributed by atoms with E-state index in [2.05, 4.69) is 38.0 Å². The molecule has 0 saturated carbocycles. The van der Waals surface area contributed by atoms with E-state index in [1.165, 1.54) is 5.52 Å². The fraction of sp³-hybridized carbons (Fsp3) is 0.333. The first-order chi connectivity index (χ1) is 13.7. The zero-order valence-electron chi connectivity index (χ0n) is 16.1. The number of rotatable bonds is 4. The third kappa shape index (κ3) is 3.62. The smallest absolute Gasteiger partial charge is 0.173 e. The predicted octanol–water partition coefficient (Wildman–Crippen LogP) is 4.09. The maximum absolute atomic E-state index is 5.65. The van der Waals surface area contributed by atoms with Crippen LogP contribution in [0.15, 0.2) is 48.8 Å². The molecular formula is C21H24N4O2S. The number of fused-ring (bicyclic) bond motifs is 1. The number of piperidine rings is 1. The number of likely N-dealkylation sites (tertiary alicyclic amines) is 1. The number of benzene rings is 2. The second-order valence-electron chi connectivity index (χ2n) is 6.86. The Bertz CT molecular complexity index is 979. The van der Waals surface area contributed by atoms with Crippen molar-refractivity contribution < 1.29 is 9.47 Å². The maximum Gasteiger partial charge on any atom is 0.173 e. The summed E-state index contributed by atoms with van der Waals surface area (Å²) in [6, 6.07) is 14.4. The van der Waals surface area contributed by atoms with Crippen LogP contribution in [-0.2, 0) is 0 Å². The summed E-state index contributed by atoms with van der Waals surface area (Å²) in [5.74, 6) is 1.46. The molecule has 3 aromatic rings. The van der Waals surface area contributed by atoms with Crippen LogP contribution >= 0.6 is 12.2 Å². The highest BCUT2D eigenvalue weighted by Gasteiger charge is 2.23. The molecule has 0 amide bonds. The van der Waals surface area contributed by atoms with Crippen molar-refractivity contribution >= 4 is 34.1 Å². The topological polar surface area (TPSA) is 51.5 Å². The van der Waals surface area contributed by atoms with E-state index in [1.54, 1.807) is 14.2 Å². The molecule has 4 rings (SSSR count). The minimum absolute atomic E-state index is 0.446. The number of hydrogen-bond acceptors (Lipinski definition) is 4. The summed E-state index contributed by atoms with van der Waals surface area (Å²) in [5, 5.41) is 4.04. The maximum atomic E-state index is 5.65. The van der Waals surface area contributed by atoms with Crippen molar-refractivity contribution in [1.82, 2.24) is 14.5 Å². The van der Waals surface area contributed by atoms with Crippen molar-refractivity contribution in [3.05, 3.63) is 48.8 Å². The normalized spacial score (nSPS) is 14.9. The Balaban J connectivity index is 1.40. The minimum Gasteiger partial charge on any atom is -0.497 e. The van der Waals surface area contributed by atoms with Crippen molar-refractivity contribution in [3.63, 3.8) is 0 Å². The van der Waals surface area contributed by atoms with Crippen molar-refractivity contribution in [2.45, 2.75) is 18.9 Å². The Morgan fingerprint density at radius 3 is 2.64 bits per heavy atom. The summed E-state index contributed by atoms with van der Waals surface area (Å²) in [5.41, 5.74) is 3.09. The van der Waals surface area contributed by atoms with E-state index in [0.717, 1.165) is 48.0 Å². The van der Waals surface area contributed by atoms with Gasteiger partial charge >= 0.3 is 0 Å². The van der Waals surface area contributed by atoms with Gasteiger partial charge in [0.2, 0.25) is 0 Å². The average Bonchev–Trinajstić information content (AvgIpc) is 3.18. The van der Waals surface area contributed by atoms with Crippen LogP contribution in [0.25, 0.3) is 11.0 Å². The number of nitrogens with zero attached hydrogens (tertiary/aromatic N) is 3. The van der Waals surface area contributed by atoms with Gasteiger partial charge in [0.05, 0.1) is 37.3 Å². The average molecular weight is 397 g/mol. The summed E-state index contributed by atoms with van der Waals surface area (Å²) in [4.78, 5) is 6.74. The van der Waals surface area contributed by atoms with Crippen LogP contribution in [0.3, 0.4) is 0 Å². The van der Waals surface area contributed by atoms with Gasteiger partial charge in [-0.3, -0.25) is 0 Å². The standard InChI is InChI=1S/C21H24N4O2S/c1-26-16-7-8-18(20(13-16)27-2)23-21(28)24-11-9-15(10-12-24)25-14-22-17-5-3-4-6-19(17)25/h3-8,13-15H,9-12H2,1-2H3,(H,23,28). The first kappa shape index (κ1) is 18.6. The number of thiocarbonyl (C=S) groups is 1. The number of para-hydroxylation sites is 2. The van der Waals surface area contributed by atoms with Gasteiger partial charge in [0.25, 0.3) is 0 Å². The van der Waals surface area contributed by atoms with Crippen LogP contribution in [0.5, 0.6) is 11.5 Å². The van der Waals surface area contributed by atoms with Crippen LogP contribution in [0.4, 0.5) is 5.69 Å². The van der Waals surface area contributed by atoms with Gasteiger partial charge in [0.1, 0.15) is 11.5 Å². The van der Waals surface area contributed by atoms with Crippen LogP contribution < -0.4 is 14.8 Å². The molecule has 2 aromatic carbocycles. The number of nitrogens with one attached hydrogen (secondary N) is 1. The molecule has 1 aliphatic rings. The highest BCUT2D eigenvalue weighted by Crippen LogP contribution is 2.30. The second kappa shape index (κ2) is 8.06. The highest BCUT2D eigenvalue weighted by molar-refractivity contribution is 7.80. The SMILES string of the molecule is COc1ccc(NC(=S)N2CCC(n3cnc4ccccc43)CC2)c(OC)c1. The molecule has 0 aliphatic carbocycles. The highest BCUT2D eigenvalue weighted by atomic mass is 32.1. The molecule has 1 aliphatic heterocycles. The van der Waals surface area contributed by atoms with Gasteiger partial charge in [0.15, 0.2) is 5.11 Å². The van der Waals surface area contributed by atoms with Gasteiger partial charge in [-0.2, -0.15) is 0 Å². The van der Waals surface area contributed by atoms with E-state index < -0.39 is 0 Å². The summed E-state index contributed by atoms with van der Waals surface area (Å²) < 4.78 is 13.0. The Morgan fingerprint density at radius 2 is 1.89 bits per heavy atom. The Kier molecular flexibility index (Phi) is 5.34. The first-order valence-electron chi connectivity index (χ1n) is 9.39. The molecular weight excluding hydrogens is 372 g/mol. The number of imidazole rings is 1. The molecule has 1 fully saturated rings. The molecule has 0 radical (unpaired) electrons. The molecule has 1 saturated heterocycles. The van der Waals surface area contributed by atoms with E-state index in [1.807, 2.05) is 30.6 Å². The van der Waals surface area contributed by atoms with Gasteiger partial charge in [-0.15, -0.1) is 0 Å². The number of aromatic nitrogens is 2. The molecule has 1 aromatic heterocycles. The van der Waals surface area contributed by atoms with Crippen molar-refractivity contribution in [1.29, 1.82) is 0 Å². The molecule has 2 heterocycles. The lowest BCUT2D eigenvalue weighted by atomic mass is 10.0. The number of hydrogen-bond donors (Lipinski definition) is 1. The summed E-state index contributed by atoms with van der Waals surface area (Å²) >= 11 is 5.65. The molecule has 0 spiro atoms. The zero-order valence-corrected chi connectivity index (χ0v) is 16.9. The van der Waals surface area contributed by atoms with E-state index in [-0.39, 0.29) is 0 Å². The lowest BCUT2D eigenvalue weighted by Crippen LogP contribution is -2.41. The van der Waals surface area contributed by atoms with Crippen molar-refractivity contribution in [2.24, 2.45) is 0 Å². The number of ether oxygens (including phenoxy) is 2. The third-order valence-corrected chi connectivity index (χ3v) is 5.64. The van der Waals surface area contributed by atoms with Crippen LogP contribution in [0.2, 0.25) is 0 Å². The van der Waals surface area contributed by atoms with Crippen LogP contribution in [0, 0.1) is 0 Å². The lowest BCUT2D eigenvalue weighted by molar-refractivity contribution is 0.272. The molecule has 1 N–H and O–H groups in total. The van der Waals surface area contributed by atoms with E-state index in [9.17, 15) is 0 Å². The Hall–Kier alpha value is -2.80. The van der Waals surface area contributed by atoms with Crippen LogP contribution in [0.1, 0.15) is 18.9 Å². The Morgan fingerprint density at radius 1 is 1.11 bits per heavy atom. The summed E-state index contributed by atoms with van der Waals surface area (Å²) in [6.45, 7) is 1.81. The molecule has 0 bridgehead atoms. The molecule has 7 heteroatoms. The number of anilines is 1. The molecule has 146 valence electrons. The van der Waals surface area contributed by atoms with E-state index >= 15 is 0 Å². The van der Waals surface area contributed by atoms with Gasteiger partial charge < -0.3 is 24.3 Å². The van der Waals surface area contributed by atoms with E-state index in [0.29, 0.717) is 11.8 Å². The quantitative estimate of drug-likeness (QED) is 0.671. The summed E-state index contributed by atoms with van der Waals surface area (Å²) in [7, 11) is 3.28. The van der Waals surface area contributed by atoms with Gasteiger partial charge in [-0.25, -0.2) is 4.98 Å². The largest absolute Gasteiger partial charge is 0.497 e. The monoisotopic (exact) mass is 396 g/mol. The Labute approximate surface area is 170 Å².